The van der Waals surface area contributed by atoms with Crippen LogP contribution in [-0.4, -0.2) is 72.1 Å². The minimum atomic E-state index is 0.733. The van der Waals surface area contributed by atoms with Gasteiger partial charge in [0.25, 0.3) is 0 Å². The highest BCUT2D eigenvalue weighted by atomic mass is 15.3. The molecule has 0 aromatic rings. The van der Waals surface area contributed by atoms with Gasteiger partial charge in [-0.05, 0) is 78.7 Å². The van der Waals surface area contributed by atoms with Gasteiger partial charge in [-0.1, -0.05) is 0 Å². The summed E-state index contributed by atoms with van der Waals surface area (Å²) in [6, 6.07) is 2.48. The second-order valence-corrected chi connectivity index (χ2v) is 7.05. The lowest BCUT2D eigenvalue weighted by atomic mass is 10.0. The molecule has 1 unspecified atom stereocenters. The van der Waals surface area contributed by atoms with Gasteiger partial charge >= 0.3 is 0 Å². The van der Waals surface area contributed by atoms with E-state index in [2.05, 4.69) is 28.5 Å². The Bertz CT molecular complexity index is 280. The molecule has 1 atom stereocenters. The van der Waals surface area contributed by atoms with Gasteiger partial charge in [-0.2, -0.15) is 0 Å². The fourth-order valence-electron chi connectivity index (χ4n) is 4.13. The zero-order chi connectivity index (χ0) is 13.2. The highest BCUT2D eigenvalue weighted by molar-refractivity contribution is 4.90. The average molecular weight is 265 g/mol. The van der Waals surface area contributed by atoms with Crippen molar-refractivity contribution >= 4 is 0 Å². The van der Waals surface area contributed by atoms with Crippen molar-refractivity contribution in [3.63, 3.8) is 0 Å². The van der Waals surface area contributed by atoms with Gasteiger partial charge in [0, 0.05) is 24.7 Å². The lowest BCUT2D eigenvalue weighted by molar-refractivity contribution is 0.0591. The predicted molar refractivity (Wildman–Crippen MR) is 80.5 cm³/mol. The molecule has 0 saturated carbocycles. The van der Waals surface area contributed by atoms with Crippen LogP contribution in [-0.2, 0) is 0 Å². The van der Waals surface area contributed by atoms with Crippen LogP contribution in [0.1, 0.15) is 46.0 Å². The van der Waals surface area contributed by atoms with Crippen LogP contribution in [0.2, 0.25) is 0 Å². The summed E-state index contributed by atoms with van der Waals surface area (Å²) in [6.07, 6.45) is 7.10. The van der Waals surface area contributed by atoms with Crippen molar-refractivity contribution in [2.45, 2.75) is 64.1 Å². The van der Waals surface area contributed by atoms with Crippen molar-refractivity contribution in [1.29, 1.82) is 0 Å². The molecule has 3 saturated heterocycles. The fraction of sp³-hybridized carbons (Fsp3) is 1.00. The second kappa shape index (κ2) is 6.11. The van der Waals surface area contributed by atoms with E-state index in [1.54, 1.807) is 0 Å². The zero-order valence-electron chi connectivity index (χ0n) is 12.9. The fourth-order valence-corrected chi connectivity index (χ4v) is 4.13. The molecule has 0 radical (unpaired) electrons. The summed E-state index contributed by atoms with van der Waals surface area (Å²) in [4.78, 5) is 8.18. The minimum absolute atomic E-state index is 0.733. The van der Waals surface area contributed by atoms with Gasteiger partial charge in [-0.3, -0.25) is 4.90 Å². The first-order valence-electron chi connectivity index (χ1n) is 8.46. The molecule has 3 nitrogen and oxygen atoms in total. The summed E-state index contributed by atoms with van der Waals surface area (Å²) in [5.74, 6) is 0. The van der Waals surface area contributed by atoms with Crippen molar-refractivity contribution in [1.82, 2.24) is 14.7 Å². The normalized spacial score (nSPS) is 32.1. The molecule has 0 aromatic carbocycles. The maximum atomic E-state index is 2.87. The summed E-state index contributed by atoms with van der Waals surface area (Å²) < 4.78 is 0. The van der Waals surface area contributed by atoms with Gasteiger partial charge in [0.1, 0.15) is 0 Å². The molecule has 3 aliphatic heterocycles. The zero-order valence-corrected chi connectivity index (χ0v) is 12.9. The third-order valence-electron chi connectivity index (χ3n) is 5.54. The molecule has 3 heterocycles. The van der Waals surface area contributed by atoms with Gasteiger partial charge in [0.05, 0.1) is 0 Å². The van der Waals surface area contributed by atoms with Crippen LogP contribution < -0.4 is 0 Å². The van der Waals surface area contributed by atoms with Gasteiger partial charge in [0.2, 0.25) is 0 Å². The van der Waals surface area contributed by atoms with Crippen LogP contribution in [0.25, 0.3) is 0 Å². The highest BCUT2D eigenvalue weighted by Crippen LogP contribution is 2.27. The van der Waals surface area contributed by atoms with Crippen LogP contribution in [0, 0.1) is 0 Å². The Morgan fingerprint density at radius 1 is 0.895 bits per heavy atom. The molecule has 0 spiro atoms. The largest absolute Gasteiger partial charge is 0.302 e. The Morgan fingerprint density at radius 3 is 2.21 bits per heavy atom. The molecular weight excluding hydrogens is 234 g/mol. The van der Waals surface area contributed by atoms with Gasteiger partial charge < -0.3 is 9.80 Å². The van der Waals surface area contributed by atoms with Crippen molar-refractivity contribution < 1.29 is 0 Å². The predicted octanol–water partition coefficient (Wildman–Crippen LogP) is 2.03. The third kappa shape index (κ3) is 3.14. The summed E-state index contributed by atoms with van der Waals surface area (Å²) in [5.41, 5.74) is 0. The van der Waals surface area contributed by atoms with E-state index in [0.717, 1.165) is 18.1 Å². The third-order valence-corrected chi connectivity index (χ3v) is 5.54. The molecule has 19 heavy (non-hydrogen) atoms. The number of nitrogens with zero attached hydrogens (tertiary/aromatic N) is 3. The van der Waals surface area contributed by atoms with Crippen LogP contribution in [0.15, 0.2) is 0 Å². The number of hydrogen-bond donors (Lipinski definition) is 0. The van der Waals surface area contributed by atoms with Gasteiger partial charge in [0.15, 0.2) is 0 Å². The second-order valence-electron chi connectivity index (χ2n) is 7.05. The summed E-state index contributed by atoms with van der Waals surface area (Å²) in [6.45, 7) is 12.7. The quantitative estimate of drug-likeness (QED) is 0.770. The highest BCUT2D eigenvalue weighted by Gasteiger charge is 2.34. The maximum Gasteiger partial charge on any atom is 0.0226 e. The molecule has 3 fully saturated rings. The molecule has 110 valence electrons. The van der Waals surface area contributed by atoms with Crippen molar-refractivity contribution in [2.75, 3.05) is 39.3 Å². The molecule has 0 amide bonds. The monoisotopic (exact) mass is 265 g/mol. The Labute approximate surface area is 118 Å². The Hall–Kier alpha value is -0.120. The summed E-state index contributed by atoms with van der Waals surface area (Å²) in [7, 11) is 0. The molecule has 0 aliphatic carbocycles. The molecule has 0 aromatic heterocycles. The standard InChI is InChI=1S/C16H31N3/c1-14(2)18-11-6-15(7-12-18)19-10-3-5-16(19)13-17-8-4-9-17/h14-16H,3-13H2,1-2H3. The van der Waals surface area contributed by atoms with Crippen LogP contribution in [0.5, 0.6) is 0 Å². The Balaban J connectivity index is 1.50. The van der Waals surface area contributed by atoms with E-state index in [9.17, 15) is 0 Å². The van der Waals surface area contributed by atoms with Crippen LogP contribution >= 0.6 is 0 Å². The molecule has 0 bridgehead atoms. The van der Waals surface area contributed by atoms with E-state index in [1.165, 1.54) is 71.4 Å². The van der Waals surface area contributed by atoms with E-state index in [-0.39, 0.29) is 0 Å². The SMILES string of the molecule is CC(C)N1CCC(N2CCCC2CN2CCC2)CC1. The lowest BCUT2D eigenvalue weighted by Crippen LogP contribution is -2.52. The van der Waals surface area contributed by atoms with Crippen LogP contribution in [0.3, 0.4) is 0 Å². The molecule has 3 aliphatic rings. The van der Waals surface area contributed by atoms with Crippen molar-refractivity contribution in [2.24, 2.45) is 0 Å². The Morgan fingerprint density at radius 2 is 1.63 bits per heavy atom. The van der Waals surface area contributed by atoms with E-state index < -0.39 is 0 Å². The number of piperidine rings is 1. The van der Waals surface area contributed by atoms with Crippen molar-refractivity contribution in [3.8, 4) is 0 Å². The Kier molecular flexibility index (Phi) is 4.45. The first-order chi connectivity index (χ1) is 9.24. The van der Waals surface area contributed by atoms with Crippen LogP contribution in [0.4, 0.5) is 0 Å². The topological polar surface area (TPSA) is 9.72 Å². The minimum Gasteiger partial charge on any atom is -0.302 e. The molecule has 3 rings (SSSR count). The van der Waals surface area contributed by atoms with E-state index >= 15 is 0 Å². The molecular formula is C16H31N3. The first-order valence-corrected chi connectivity index (χ1v) is 8.46. The molecule has 0 N–H and O–H groups in total. The average Bonchev–Trinajstić information content (AvgIpc) is 2.82. The number of hydrogen-bond acceptors (Lipinski definition) is 3. The summed E-state index contributed by atoms with van der Waals surface area (Å²) in [5, 5.41) is 0. The first kappa shape index (κ1) is 13.8. The number of rotatable bonds is 4. The molecule has 3 heteroatoms. The maximum absolute atomic E-state index is 2.87. The van der Waals surface area contributed by atoms with Gasteiger partial charge in [-0.15, -0.1) is 0 Å². The lowest BCUT2D eigenvalue weighted by Gasteiger charge is -2.43. The van der Waals surface area contributed by atoms with Gasteiger partial charge in [-0.25, -0.2) is 0 Å². The van der Waals surface area contributed by atoms with E-state index in [1.807, 2.05) is 0 Å². The number of likely N-dealkylation sites (tertiary alicyclic amines) is 3. The van der Waals surface area contributed by atoms with E-state index in [0.29, 0.717) is 0 Å². The smallest absolute Gasteiger partial charge is 0.0226 e. The van der Waals surface area contributed by atoms with Crippen molar-refractivity contribution in [3.05, 3.63) is 0 Å². The van der Waals surface area contributed by atoms with E-state index in [4.69, 9.17) is 0 Å². The summed E-state index contributed by atoms with van der Waals surface area (Å²) >= 11 is 0.